The molecular formula is C18H23FN4O3. The van der Waals surface area contributed by atoms with Crippen LogP contribution in [0.1, 0.15) is 41.0 Å². The van der Waals surface area contributed by atoms with Crippen molar-refractivity contribution in [2.24, 2.45) is 0 Å². The highest BCUT2D eigenvalue weighted by atomic mass is 19.1. The van der Waals surface area contributed by atoms with Crippen LogP contribution < -0.4 is 10.5 Å². The predicted molar refractivity (Wildman–Crippen MR) is 94.4 cm³/mol. The Morgan fingerprint density at radius 2 is 2.23 bits per heavy atom. The van der Waals surface area contributed by atoms with Gasteiger partial charge in [-0.05, 0) is 38.5 Å². The van der Waals surface area contributed by atoms with Crippen LogP contribution in [0.4, 0.5) is 10.1 Å². The maximum atomic E-state index is 14.1. The minimum absolute atomic E-state index is 0.179. The number of nitrogens with one attached hydrogen (secondary N) is 1. The molecule has 2 heterocycles. The largest absolute Gasteiger partial charge is 0.487 e. The minimum Gasteiger partial charge on any atom is -0.487 e. The second kappa shape index (κ2) is 6.60. The van der Waals surface area contributed by atoms with Gasteiger partial charge in [0.15, 0.2) is 0 Å². The number of nitrogens with two attached hydrogens (primary N) is 1. The van der Waals surface area contributed by atoms with Gasteiger partial charge in [-0.1, -0.05) is 0 Å². The molecule has 1 aromatic carbocycles. The lowest BCUT2D eigenvalue weighted by molar-refractivity contribution is -0.0159. The van der Waals surface area contributed by atoms with Crippen molar-refractivity contribution in [2.45, 2.75) is 45.7 Å². The summed E-state index contributed by atoms with van der Waals surface area (Å²) >= 11 is 0. The molecule has 1 aliphatic rings. The van der Waals surface area contributed by atoms with Gasteiger partial charge in [0, 0.05) is 23.9 Å². The van der Waals surface area contributed by atoms with Gasteiger partial charge in [-0.3, -0.25) is 9.89 Å². The van der Waals surface area contributed by atoms with Gasteiger partial charge in [0.1, 0.15) is 18.5 Å². The maximum absolute atomic E-state index is 14.1. The maximum Gasteiger partial charge on any atom is 0.254 e. The smallest absolute Gasteiger partial charge is 0.254 e. The Balaban J connectivity index is 1.75. The molecule has 140 valence electrons. The third-order valence-electron chi connectivity index (χ3n) is 4.58. The van der Waals surface area contributed by atoms with E-state index in [0.717, 1.165) is 16.8 Å². The number of nitrogens with zero attached hydrogens (tertiary/aromatic N) is 2. The van der Waals surface area contributed by atoms with Crippen molar-refractivity contribution < 1.29 is 19.0 Å². The summed E-state index contributed by atoms with van der Waals surface area (Å²) in [6.45, 7) is 4.98. The van der Waals surface area contributed by atoms with Crippen LogP contribution in [0.5, 0.6) is 5.75 Å². The Kier molecular flexibility index (Phi) is 4.62. The summed E-state index contributed by atoms with van der Waals surface area (Å²) in [6.07, 6.45) is 0.196. The summed E-state index contributed by atoms with van der Waals surface area (Å²) in [5.74, 6) is 0.107. The summed E-state index contributed by atoms with van der Waals surface area (Å²) in [6, 6.07) is 3.28. The van der Waals surface area contributed by atoms with Gasteiger partial charge in [-0.25, -0.2) is 4.39 Å². The number of aromatic nitrogens is 2. The van der Waals surface area contributed by atoms with Gasteiger partial charge in [0.25, 0.3) is 5.91 Å². The molecule has 0 spiro atoms. The molecule has 0 bridgehead atoms. The number of carbonyl (C=O) groups excluding carboxylic acids is 1. The Morgan fingerprint density at radius 3 is 2.85 bits per heavy atom. The van der Waals surface area contributed by atoms with E-state index < -0.39 is 11.8 Å². The van der Waals surface area contributed by atoms with Crippen molar-refractivity contribution >= 4 is 11.6 Å². The number of nitrogen functional groups attached to an aromatic ring is 1. The van der Waals surface area contributed by atoms with E-state index in [4.69, 9.17) is 10.5 Å². The summed E-state index contributed by atoms with van der Waals surface area (Å²) in [5, 5.41) is 16.5. The van der Waals surface area contributed by atoms with Crippen molar-refractivity contribution in [1.29, 1.82) is 0 Å². The standard InChI is InChI=1S/C18H23FN4O3/c1-10-12(6-21-22-10)9-26-15-5-13-11(4-14(15)20)7-23(17(13)24)8-16(19)18(2,3)25/h4-6,16,25H,7-9,20H2,1-3H3,(H,21,22)/t16-/m1/s1. The number of H-pyrrole nitrogens is 1. The van der Waals surface area contributed by atoms with Crippen molar-refractivity contribution in [3.8, 4) is 5.75 Å². The third-order valence-corrected chi connectivity index (χ3v) is 4.58. The van der Waals surface area contributed by atoms with Crippen LogP contribution in [-0.2, 0) is 13.2 Å². The fourth-order valence-corrected chi connectivity index (χ4v) is 2.80. The van der Waals surface area contributed by atoms with Gasteiger partial charge in [0.2, 0.25) is 0 Å². The Labute approximate surface area is 150 Å². The zero-order chi connectivity index (χ0) is 19.1. The number of aliphatic hydroxyl groups is 1. The molecule has 0 unspecified atom stereocenters. The number of benzene rings is 1. The van der Waals surface area contributed by atoms with Gasteiger partial charge in [0.05, 0.1) is 23.5 Å². The average Bonchev–Trinajstić information content (AvgIpc) is 3.08. The number of ether oxygens (including phenoxy) is 1. The highest BCUT2D eigenvalue weighted by molar-refractivity contribution is 5.99. The number of carbonyl (C=O) groups is 1. The molecule has 0 fully saturated rings. The number of fused-ring (bicyclic) bond motifs is 1. The van der Waals surface area contributed by atoms with E-state index in [1.54, 1.807) is 18.3 Å². The second-order valence-electron chi connectivity index (χ2n) is 7.14. The number of amides is 1. The number of hydrogen-bond donors (Lipinski definition) is 3. The van der Waals surface area contributed by atoms with Crippen molar-refractivity contribution in [1.82, 2.24) is 15.1 Å². The number of anilines is 1. The average molecular weight is 362 g/mol. The molecule has 3 rings (SSSR count). The number of aromatic amines is 1. The molecule has 0 saturated heterocycles. The van der Waals surface area contributed by atoms with Crippen molar-refractivity contribution in [3.05, 3.63) is 40.7 Å². The first kappa shape index (κ1) is 18.2. The normalized spacial score (nSPS) is 15.3. The first-order chi connectivity index (χ1) is 12.2. The number of rotatable bonds is 6. The number of hydrogen-bond acceptors (Lipinski definition) is 5. The van der Waals surface area contributed by atoms with Crippen LogP contribution in [0, 0.1) is 6.92 Å². The summed E-state index contributed by atoms with van der Waals surface area (Å²) in [7, 11) is 0. The van der Waals surface area contributed by atoms with Crippen LogP contribution in [0.15, 0.2) is 18.3 Å². The van der Waals surface area contributed by atoms with Gasteiger partial charge in [-0.15, -0.1) is 0 Å². The topological polar surface area (TPSA) is 104 Å². The predicted octanol–water partition coefficient (Wildman–Crippen LogP) is 1.94. The van der Waals surface area contributed by atoms with Gasteiger partial charge in [-0.2, -0.15) is 5.10 Å². The molecule has 1 aromatic heterocycles. The quantitative estimate of drug-likeness (QED) is 0.681. The molecule has 8 heteroatoms. The van der Waals surface area contributed by atoms with Gasteiger partial charge >= 0.3 is 0 Å². The van der Waals surface area contributed by atoms with Crippen LogP contribution in [0.3, 0.4) is 0 Å². The molecule has 1 aliphatic heterocycles. The fourth-order valence-electron chi connectivity index (χ4n) is 2.80. The Hall–Kier alpha value is -2.61. The fraction of sp³-hybridized carbons (Fsp3) is 0.444. The molecule has 7 nitrogen and oxygen atoms in total. The van der Waals surface area contributed by atoms with E-state index in [9.17, 15) is 14.3 Å². The van der Waals surface area contributed by atoms with Crippen molar-refractivity contribution in [2.75, 3.05) is 12.3 Å². The molecule has 0 aliphatic carbocycles. The Morgan fingerprint density at radius 1 is 1.50 bits per heavy atom. The molecule has 2 aromatic rings. The summed E-state index contributed by atoms with van der Waals surface area (Å²) < 4.78 is 19.9. The molecule has 1 amide bonds. The molecule has 4 N–H and O–H groups in total. The zero-order valence-electron chi connectivity index (χ0n) is 15.0. The Bertz CT molecular complexity index is 828. The van der Waals surface area contributed by atoms with Crippen molar-refractivity contribution in [3.63, 3.8) is 0 Å². The molecule has 0 radical (unpaired) electrons. The lowest BCUT2D eigenvalue weighted by Crippen LogP contribution is -2.42. The van der Waals surface area contributed by atoms with E-state index >= 15 is 0 Å². The third kappa shape index (κ3) is 3.50. The summed E-state index contributed by atoms with van der Waals surface area (Å²) in [5.41, 5.74) is 7.83. The number of halogens is 1. The highest BCUT2D eigenvalue weighted by Gasteiger charge is 2.35. The first-order valence-corrected chi connectivity index (χ1v) is 8.37. The molecule has 1 atom stereocenters. The lowest BCUT2D eigenvalue weighted by Gasteiger charge is -2.26. The van der Waals surface area contributed by atoms with E-state index in [0.29, 0.717) is 17.0 Å². The van der Waals surface area contributed by atoms with E-state index in [1.807, 2.05) is 6.92 Å². The number of alkyl halides is 1. The molecular weight excluding hydrogens is 339 g/mol. The van der Waals surface area contributed by atoms with Crippen LogP contribution in [0.2, 0.25) is 0 Å². The van der Waals surface area contributed by atoms with E-state index in [-0.39, 0.29) is 25.6 Å². The minimum atomic E-state index is -1.54. The second-order valence-corrected chi connectivity index (χ2v) is 7.14. The lowest BCUT2D eigenvalue weighted by atomic mass is 10.0. The van der Waals surface area contributed by atoms with E-state index in [2.05, 4.69) is 10.2 Å². The zero-order valence-corrected chi connectivity index (χ0v) is 15.0. The van der Waals surface area contributed by atoms with E-state index in [1.165, 1.54) is 18.7 Å². The number of aryl methyl sites for hydroxylation is 1. The van der Waals surface area contributed by atoms with Crippen LogP contribution >= 0.6 is 0 Å². The highest BCUT2D eigenvalue weighted by Crippen LogP contribution is 2.33. The van der Waals surface area contributed by atoms with Gasteiger partial charge < -0.3 is 20.5 Å². The summed E-state index contributed by atoms with van der Waals surface area (Å²) in [4.78, 5) is 13.9. The molecule has 0 saturated carbocycles. The van der Waals surface area contributed by atoms with Crippen LogP contribution in [0.25, 0.3) is 0 Å². The molecule has 26 heavy (non-hydrogen) atoms. The first-order valence-electron chi connectivity index (χ1n) is 8.37. The monoisotopic (exact) mass is 362 g/mol. The SMILES string of the molecule is Cc1n[nH]cc1COc1cc2c(cc1N)CN(C[C@@H](F)C(C)(C)O)C2=O. The van der Waals surface area contributed by atoms with Crippen LogP contribution in [-0.4, -0.2) is 44.4 Å².